The second kappa shape index (κ2) is 2.48. The van der Waals surface area contributed by atoms with Gasteiger partial charge in [0.15, 0.2) is 0 Å². The number of rotatable bonds is 1. The molecule has 1 aromatic heterocycles. The highest BCUT2D eigenvalue weighted by molar-refractivity contribution is 4.73. The van der Waals surface area contributed by atoms with Gasteiger partial charge in [-0.05, 0) is 17.4 Å². The number of nitrogens with zero attached hydrogens (tertiary/aromatic N) is 4. The number of hydrogen-bond acceptors (Lipinski definition) is 3. The molecule has 0 aliphatic heterocycles. The van der Waals surface area contributed by atoms with E-state index in [0.29, 0.717) is 4.68 Å². The van der Waals surface area contributed by atoms with E-state index in [2.05, 4.69) is 15.5 Å². The SMILES string of the molecule is Cc1nnnn1CC(F)(F)F. The van der Waals surface area contributed by atoms with Crippen LogP contribution in [-0.2, 0) is 6.54 Å². The Morgan fingerprint density at radius 3 is 2.45 bits per heavy atom. The highest BCUT2D eigenvalue weighted by Gasteiger charge is 2.29. The Bertz CT molecular complexity index is 240. The molecule has 0 bridgehead atoms. The molecule has 0 aliphatic carbocycles. The molecule has 7 heteroatoms. The molecule has 62 valence electrons. The lowest BCUT2D eigenvalue weighted by Crippen LogP contribution is -2.19. The maximum Gasteiger partial charge on any atom is 0.408 e. The molecule has 1 heterocycles. The van der Waals surface area contributed by atoms with Gasteiger partial charge in [0.05, 0.1) is 0 Å². The number of alkyl halides is 3. The molecule has 0 amide bonds. The second-order valence-electron chi connectivity index (χ2n) is 2.00. The molecule has 4 nitrogen and oxygen atoms in total. The first-order valence-electron chi connectivity index (χ1n) is 2.78. The average molecular weight is 166 g/mol. The van der Waals surface area contributed by atoms with Gasteiger partial charge in [0.25, 0.3) is 0 Å². The lowest BCUT2D eigenvalue weighted by molar-refractivity contribution is -0.143. The molecular formula is C4H5F3N4. The molecule has 1 aromatic rings. The van der Waals surface area contributed by atoms with Gasteiger partial charge in [-0.1, -0.05) is 0 Å². The first-order chi connectivity index (χ1) is 4.99. The van der Waals surface area contributed by atoms with Crippen LogP contribution >= 0.6 is 0 Å². The summed E-state index contributed by atoms with van der Waals surface area (Å²) >= 11 is 0. The Kier molecular flexibility index (Phi) is 1.79. The number of aromatic nitrogens is 4. The van der Waals surface area contributed by atoms with Crippen molar-refractivity contribution >= 4 is 0 Å². The smallest absolute Gasteiger partial charge is 0.221 e. The minimum atomic E-state index is -4.26. The van der Waals surface area contributed by atoms with Gasteiger partial charge in [0.2, 0.25) is 0 Å². The minimum absolute atomic E-state index is 0.155. The summed E-state index contributed by atoms with van der Waals surface area (Å²) in [5, 5.41) is 9.51. The summed E-state index contributed by atoms with van der Waals surface area (Å²) in [5.41, 5.74) is 0. The van der Waals surface area contributed by atoms with Crippen molar-refractivity contribution < 1.29 is 13.2 Å². The van der Waals surface area contributed by atoms with Crippen LogP contribution in [0.2, 0.25) is 0 Å². The van der Waals surface area contributed by atoms with E-state index in [9.17, 15) is 13.2 Å². The van der Waals surface area contributed by atoms with Crippen molar-refractivity contribution in [1.29, 1.82) is 0 Å². The van der Waals surface area contributed by atoms with E-state index >= 15 is 0 Å². The van der Waals surface area contributed by atoms with Gasteiger partial charge >= 0.3 is 6.18 Å². The molecule has 0 radical (unpaired) electrons. The van der Waals surface area contributed by atoms with Crippen molar-refractivity contribution in [3.63, 3.8) is 0 Å². The molecule has 0 saturated carbocycles. The third-order valence-corrected chi connectivity index (χ3v) is 1.04. The maximum atomic E-state index is 11.7. The van der Waals surface area contributed by atoms with Crippen LogP contribution in [0.4, 0.5) is 13.2 Å². The Balaban J connectivity index is 2.72. The largest absolute Gasteiger partial charge is 0.408 e. The molecule has 0 aromatic carbocycles. The van der Waals surface area contributed by atoms with Crippen LogP contribution < -0.4 is 0 Å². The maximum absolute atomic E-state index is 11.7. The van der Waals surface area contributed by atoms with Gasteiger partial charge < -0.3 is 0 Å². The summed E-state index contributed by atoms with van der Waals surface area (Å²) in [7, 11) is 0. The average Bonchev–Trinajstić information content (AvgIpc) is 2.12. The van der Waals surface area contributed by atoms with Gasteiger partial charge in [-0.15, -0.1) is 5.10 Å². The summed E-state index contributed by atoms with van der Waals surface area (Å²) in [5.74, 6) is 0.155. The molecular weight excluding hydrogens is 161 g/mol. The Labute approximate surface area is 60.0 Å². The molecule has 0 atom stereocenters. The number of halogens is 3. The molecule has 0 unspecified atom stereocenters. The molecule has 0 fully saturated rings. The van der Waals surface area contributed by atoms with Crippen LogP contribution in [-0.4, -0.2) is 26.4 Å². The van der Waals surface area contributed by atoms with E-state index in [1.54, 1.807) is 0 Å². The third-order valence-electron chi connectivity index (χ3n) is 1.04. The van der Waals surface area contributed by atoms with Gasteiger partial charge in [-0.2, -0.15) is 13.2 Å². The van der Waals surface area contributed by atoms with Crippen molar-refractivity contribution in [2.45, 2.75) is 19.6 Å². The van der Waals surface area contributed by atoms with Crippen LogP contribution in [0, 0.1) is 6.92 Å². The van der Waals surface area contributed by atoms with Gasteiger partial charge in [0.1, 0.15) is 12.4 Å². The fourth-order valence-electron chi connectivity index (χ4n) is 0.565. The lowest BCUT2D eigenvalue weighted by Gasteiger charge is -2.04. The monoisotopic (exact) mass is 166 g/mol. The van der Waals surface area contributed by atoms with E-state index < -0.39 is 12.7 Å². The van der Waals surface area contributed by atoms with Gasteiger partial charge in [-0.25, -0.2) is 4.68 Å². The first kappa shape index (κ1) is 7.96. The highest BCUT2D eigenvalue weighted by atomic mass is 19.4. The predicted molar refractivity (Wildman–Crippen MR) is 28.6 cm³/mol. The highest BCUT2D eigenvalue weighted by Crippen LogP contribution is 2.16. The van der Waals surface area contributed by atoms with Crippen molar-refractivity contribution in [2.75, 3.05) is 0 Å². The topological polar surface area (TPSA) is 43.6 Å². The summed E-state index contributed by atoms with van der Waals surface area (Å²) in [6.45, 7) is 0.275. The van der Waals surface area contributed by atoms with Crippen molar-refractivity contribution in [3.8, 4) is 0 Å². The predicted octanol–water partition coefficient (Wildman–Crippen LogP) is 0.544. The van der Waals surface area contributed by atoms with Crippen molar-refractivity contribution in [1.82, 2.24) is 20.2 Å². The van der Waals surface area contributed by atoms with Crippen molar-refractivity contribution in [3.05, 3.63) is 5.82 Å². The fourth-order valence-corrected chi connectivity index (χ4v) is 0.565. The van der Waals surface area contributed by atoms with Crippen LogP contribution in [0.25, 0.3) is 0 Å². The van der Waals surface area contributed by atoms with E-state index in [0.717, 1.165) is 0 Å². The third kappa shape index (κ3) is 2.17. The zero-order valence-corrected chi connectivity index (χ0v) is 5.63. The summed E-state index contributed by atoms with van der Waals surface area (Å²) in [6.07, 6.45) is -4.26. The second-order valence-corrected chi connectivity index (χ2v) is 2.00. The number of hydrogen-bond donors (Lipinski definition) is 0. The number of tetrazole rings is 1. The van der Waals surface area contributed by atoms with E-state index in [1.165, 1.54) is 6.92 Å². The zero-order valence-electron chi connectivity index (χ0n) is 5.63. The fraction of sp³-hybridized carbons (Fsp3) is 0.750. The molecule has 1 rings (SSSR count). The normalized spacial score (nSPS) is 12.0. The molecule has 0 saturated heterocycles. The van der Waals surface area contributed by atoms with Gasteiger partial charge in [0, 0.05) is 0 Å². The number of aryl methyl sites for hydroxylation is 1. The minimum Gasteiger partial charge on any atom is -0.221 e. The molecule has 11 heavy (non-hydrogen) atoms. The summed E-state index contributed by atoms with van der Waals surface area (Å²) in [4.78, 5) is 0. The zero-order chi connectivity index (χ0) is 8.48. The van der Waals surface area contributed by atoms with E-state index in [-0.39, 0.29) is 5.82 Å². The van der Waals surface area contributed by atoms with Crippen LogP contribution in [0.15, 0.2) is 0 Å². The summed E-state index contributed by atoms with van der Waals surface area (Å²) in [6, 6.07) is 0. The molecule has 0 N–H and O–H groups in total. The Morgan fingerprint density at radius 1 is 1.45 bits per heavy atom. The Morgan fingerprint density at radius 2 is 2.09 bits per heavy atom. The summed E-state index contributed by atoms with van der Waals surface area (Å²) < 4.78 is 35.7. The standard InChI is InChI=1S/C4H5F3N4/c1-3-8-9-10-11(3)2-4(5,6)7/h2H2,1H3. The van der Waals surface area contributed by atoms with Gasteiger partial charge in [-0.3, -0.25) is 0 Å². The van der Waals surface area contributed by atoms with Crippen LogP contribution in [0.5, 0.6) is 0 Å². The van der Waals surface area contributed by atoms with Crippen molar-refractivity contribution in [2.24, 2.45) is 0 Å². The van der Waals surface area contributed by atoms with Crippen LogP contribution in [0.1, 0.15) is 5.82 Å². The van der Waals surface area contributed by atoms with E-state index in [1.807, 2.05) is 0 Å². The molecule has 0 aliphatic rings. The molecule has 0 spiro atoms. The van der Waals surface area contributed by atoms with E-state index in [4.69, 9.17) is 0 Å². The Hall–Kier alpha value is -1.14. The quantitative estimate of drug-likeness (QED) is 0.611. The lowest BCUT2D eigenvalue weighted by atomic mass is 10.6. The first-order valence-corrected chi connectivity index (χ1v) is 2.78. The van der Waals surface area contributed by atoms with Crippen LogP contribution in [0.3, 0.4) is 0 Å².